The highest BCUT2D eigenvalue weighted by molar-refractivity contribution is 7.89. The van der Waals surface area contributed by atoms with E-state index in [1.54, 1.807) is 19.2 Å². The van der Waals surface area contributed by atoms with Crippen LogP contribution in [0.25, 0.3) is 0 Å². The lowest BCUT2D eigenvalue weighted by molar-refractivity contribution is 0.161. The van der Waals surface area contributed by atoms with Gasteiger partial charge in [0.15, 0.2) is 0 Å². The van der Waals surface area contributed by atoms with Gasteiger partial charge in [0, 0.05) is 26.8 Å². The van der Waals surface area contributed by atoms with Crippen LogP contribution in [0.4, 0.5) is 0 Å². The van der Waals surface area contributed by atoms with Crippen LogP contribution in [0, 0.1) is 5.92 Å². The van der Waals surface area contributed by atoms with E-state index in [-0.39, 0.29) is 10.8 Å². The van der Waals surface area contributed by atoms with Crippen molar-refractivity contribution in [2.24, 2.45) is 11.7 Å². The van der Waals surface area contributed by atoms with Gasteiger partial charge in [0.05, 0.1) is 4.90 Å². The molecule has 114 valence electrons. The lowest BCUT2D eigenvalue weighted by Crippen LogP contribution is -2.30. The Morgan fingerprint density at radius 2 is 2.05 bits per heavy atom. The number of aryl methyl sites for hydroxylation is 1. The van der Waals surface area contributed by atoms with E-state index in [4.69, 9.17) is 10.5 Å². The van der Waals surface area contributed by atoms with Crippen molar-refractivity contribution < 1.29 is 13.2 Å². The summed E-state index contributed by atoms with van der Waals surface area (Å²) in [6.45, 7) is 5.16. The summed E-state index contributed by atoms with van der Waals surface area (Å²) in [7, 11) is -1.89. The van der Waals surface area contributed by atoms with E-state index >= 15 is 0 Å². The fourth-order valence-corrected chi connectivity index (χ4v) is 3.20. The molecule has 0 amide bonds. The van der Waals surface area contributed by atoms with E-state index in [0.29, 0.717) is 19.7 Å². The number of nitrogens with one attached hydrogen (secondary N) is 1. The van der Waals surface area contributed by atoms with Gasteiger partial charge < -0.3 is 10.5 Å². The van der Waals surface area contributed by atoms with Crippen molar-refractivity contribution in [2.75, 3.05) is 20.3 Å². The fourth-order valence-electron chi connectivity index (χ4n) is 1.98. The molecule has 0 radical (unpaired) electrons. The Balaban J connectivity index is 2.87. The van der Waals surface area contributed by atoms with Crippen molar-refractivity contribution in [3.05, 3.63) is 29.3 Å². The molecule has 0 aliphatic rings. The largest absolute Gasteiger partial charge is 0.384 e. The zero-order chi connectivity index (χ0) is 15.2. The highest BCUT2D eigenvalue weighted by Crippen LogP contribution is 2.16. The van der Waals surface area contributed by atoms with E-state index in [9.17, 15) is 8.42 Å². The zero-order valence-corrected chi connectivity index (χ0v) is 13.2. The Hall–Kier alpha value is -0.950. The number of benzene rings is 1. The van der Waals surface area contributed by atoms with Crippen LogP contribution >= 0.6 is 0 Å². The van der Waals surface area contributed by atoms with Crippen molar-refractivity contribution in [3.8, 4) is 0 Å². The number of hydrogen-bond donors (Lipinski definition) is 2. The molecule has 1 rings (SSSR count). The SMILES string of the molecule is CCc1ccc(S(=O)(=O)NCC(C)COC)cc1CN. The Labute approximate surface area is 121 Å². The van der Waals surface area contributed by atoms with Gasteiger partial charge in [0.1, 0.15) is 0 Å². The van der Waals surface area contributed by atoms with Gasteiger partial charge in [-0.25, -0.2) is 13.1 Å². The van der Waals surface area contributed by atoms with Gasteiger partial charge in [-0.05, 0) is 35.6 Å². The summed E-state index contributed by atoms with van der Waals surface area (Å²) in [4.78, 5) is 0.264. The lowest BCUT2D eigenvalue weighted by Gasteiger charge is -2.13. The monoisotopic (exact) mass is 300 g/mol. The highest BCUT2D eigenvalue weighted by atomic mass is 32.2. The van der Waals surface area contributed by atoms with E-state index < -0.39 is 10.0 Å². The average Bonchev–Trinajstić information content (AvgIpc) is 2.44. The quantitative estimate of drug-likeness (QED) is 0.757. The molecule has 3 N–H and O–H groups in total. The number of ether oxygens (including phenoxy) is 1. The molecule has 1 atom stereocenters. The number of methoxy groups -OCH3 is 1. The molecule has 0 heterocycles. The Morgan fingerprint density at radius 3 is 2.60 bits per heavy atom. The van der Waals surface area contributed by atoms with Crippen molar-refractivity contribution in [1.29, 1.82) is 0 Å². The summed E-state index contributed by atoms with van der Waals surface area (Å²) < 4.78 is 32.0. The molecule has 0 spiro atoms. The maximum atomic E-state index is 12.2. The van der Waals surface area contributed by atoms with Crippen LogP contribution in [0.15, 0.2) is 23.1 Å². The lowest BCUT2D eigenvalue weighted by atomic mass is 10.1. The van der Waals surface area contributed by atoms with Crippen molar-refractivity contribution in [3.63, 3.8) is 0 Å². The molecule has 0 aliphatic carbocycles. The Kier molecular flexibility index (Phi) is 6.61. The second kappa shape index (κ2) is 7.73. The zero-order valence-electron chi connectivity index (χ0n) is 12.3. The van der Waals surface area contributed by atoms with Gasteiger partial charge in [-0.2, -0.15) is 0 Å². The van der Waals surface area contributed by atoms with Gasteiger partial charge >= 0.3 is 0 Å². The van der Waals surface area contributed by atoms with Crippen LogP contribution in [-0.4, -0.2) is 28.7 Å². The van der Waals surface area contributed by atoms with E-state index in [1.807, 2.05) is 19.9 Å². The summed E-state index contributed by atoms with van der Waals surface area (Å²) in [5, 5.41) is 0. The normalized spacial score (nSPS) is 13.4. The Morgan fingerprint density at radius 1 is 1.35 bits per heavy atom. The molecule has 5 nitrogen and oxygen atoms in total. The maximum Gasteiger partial charge on any atom is 0.240 e. The first kappa shape index (κ1) is 17.1. The van der Waals surface area contributed by atoms with Gasteiger partial charge in [-0.15, -0.1) is 0 Å². The molecular formula is C14H24N2O3S. The van der Waals surface area contributed by atoms with Gasteiger partial charge in [0.25, 0.3) is 0 Å². The molecular weight excluding hydrogens is 276 g/mol. The third-order valence-corrected chi connectivity index (χ3v) is 4.58. The van der Waals surface area contributed by atoms with Crippen molar-refractivity contribution in [1.82, 2.24) is 4.72 Å². The Bertz CT molecular complexity index is 529. The molecule has 1 unspecified atom stereocenters. The smallest absolute Gasteiger partial charge is 0.240 e. The van der Waals surface area contributed by atoms with Gasteiger partial charge in [-0.3, -0.25) is 0 Å². The summed E-state index contributed by atoms with van der Waals surface area (Å²) in [5.41, 5.74) is 7.63. The van der Waals surface area contributed by atoms with E-state index in [0.717, 1.165) is 17.5 Å². The van der Waals surface area contributed by atoms with Crippen LogP contribution < -0.4 is 10.5 Å². The topological polar surface area (TPSA) is 81.4 Å². The van der Waals surface area contributed by atoms with Crippen LogP contribution in [-0.2, 0) is 27.7 Å². The maximum absolute atomic E-state index is 12.2. The molecule has 0 aromatic heterocycles. The highest BCUT2D eigenvalue weighted by Gasteiger charge is 2.16. The van der Waals surface area contributed by atoms with Gasteiger partial charge in [0.2, 0.25) is 10.0 Å². The standard InChI is InChI=1S/C14H24N2O3S/c1-4-12-5-6-14(7-13(12)8-15)20(17,18)16-9-11(2)10-19-3/h5-7,11,16H,4,8-10,15H2,1-3H3. The molecule has 20 heavy (non-hydrogen) atoms. The number of sulfonamides is 1. The molecule has 0 bridgehead atoms. The summed E-state index contributed by atoms with van der Waals surface area (Å²) in [5.74, 6) is 0.124. The number of nitrogens with two attached hydrogens (primary N) is 1. The summed E-state index contributed by atoms with van der Waals surface area (Å²) in [6.07, 6.45) is 0.838. The summed E-state index contributed by atoms with van der Waals surface area (Å²) in [6, 6.07) is 5.11. The minimum Gasteiger partial charge on any atom is -0.384 e. The molecule has 0 fully saturated rings. The predicted octanol–water partition coefficient (Wildman–Crippen LogP) is 1.27. The second-order valence-electron chi connectivity index (χ2n) is 4.90. The minimum atomic E-state index is -3.49. The van der Waals surface area contributed by atoms with E-state index in [2.05, 4.69) is 4.72 Å². The number of rotatable bonds is 8. The average molecular weight is 300 g/mol. The van der Waals surface area contributed by atoms with Crippen LogP contribution in [0.3, 0.4) is 0 Å². The minimum absolute atomic E-state index is 0.124. The molecule has 0 saturated heterocycles. The third-order valence-electron chi connectivity index (χ3n) is 3.16. The number of hydrogen-bond acceptors (Lipinski definition) is 4. The molecule has 1 aromatic carbocycles. The fraction of sp³-hybridized carbons (Fsp3) is 0.571. The van der Waals surface area contributed by atoms with Gasteiger partial charge in [-0.1, -0.05) is 19.9 Å². The predicted molar refractivity (Wildman–Crippen MR) is 79.9 cm³/mol. The van der Waals surface area contributed by atoms with Crippen molar-refractivity contribution in [2.45, 2.75) is 31.7 Å². The third kappa shape index (κ3) is 4.56. The molecule has 0 saturated carbocycles. The first-order valence-electron chi connectivity index (χ1n) is 6.75. The van der Waals surface area contributed by atoms with Crippen LogP contribution in [0.2, 0.25) is 0 Å². The molecule has 1 aromatic rings. The molecule has 0 aliphatic heterocycles. The first-order chi connectivity index (χ1) is 9.44. The first-order valence-corrected chi connectivity index (χ1v) is 8.23. The molecule has 6 heteroatoms. The van der Waals surface area contributed by atoms with Crippen LogP contribution in [0.5, 0.6) is 0 Å². The van der Waals surface area contributed by atoms with Crippen molar-refractivity contribution >= 4 is 10.0 Å². The van der Waals surface area contributed by atoms with E-state index in [1.165, 1.54) is 0 Å². The second-order valence-corrected chi connectivity index (χ2v) is 6.67. The summed E-state index contributed by atoms with van der Waals surface area (Å²) >= 11 is 0. The van der Waals surface area contributed by atoms with Crippen LogP contribution in [0.1, 0.15) is 25.0 Å².